The Hall–Kier alpha value is -1.20. The van der Waals surface area contributed by atoms with Crippen LogP contribution in [0.4, 0.5) is 0 Å². The molecule has 0 aromatic heterocycles. The highest BCUT2D eigenvalue weighted by Crippen LogP contribution is 2.25. The van der Waals surface area contributed by atoms with Crippen molar-refractivity contribution in [3.63, 3.8) is 0 Å². The predicted molar refractivity (Wildman–Crippen MR) is 48.3 cm³/mol. The van der Waals surface area contributed by atoms with Crippen molar-refractivity contribution in [1.29, 1.82) is 0 Å². The van der Waals surface area contributed by atoms with E-state index in [1.54, 1.807) is 12.2 Å². The molecule has 0 aromatic carbocycles. The lowest BCUT2D eigenvalue weighted by Gasteiger charge is -1.92. The summed E-state index contributed by atoms with van der Waals surface area (Å²) in [5.41, 5.74) is 0.859. The number of phosphoric acid groups is 1. The summed E-state index contributed by atoms with van der Waals surface area (Å²) >= 11 is 0. The van der Waals surface area contributed by atoms with Crippen LogP contribution in [0.2, 0.25) is 0 Å². The molecule has 0 heterocycles. The highest BCUT2D eigenvalue weighted by atomic mass is 31.2. The summed E-state index contributed by atoms with van der Waals surface area (Å²) in [6.07, 6.45) is 4.87. The van der Waals surface area contributed by atoms with Crippen LogP contribution in [0.5, 0.6) is 0 Å². The standard InChI is InChI=1S/C7H6O2.H3O4P/c1-5-3-2-4-6(5)7(8)9;1-5(2,3)4/h2-4H,1H2,(H,8,9);(H3,1,2,3,4). The number of allylic oxidation sites excluding steroid dienone is 3. The van der Waals surface area contributed by atoms with Crippen molar-refractivity contribution >= 4 is 13.8 Å². The average molecular weight is 220 g/mol. The van der Waals surface area contributed by atoms with Crippen molar-refractivity contribution in [1.82, 2.24) is 0 Å². The molecule has 78 valence electrons. The monoisotopic (exact) mass is 220 g/mol. The Morgan fingerprint density at radius 1 is 1.36 bits per heavy atom. The number of hydrogen-bond acceptors (Lipinski definition) is 2. The van der Waals surface area contributed by atoms with Crippen LogP contribution in [0.15, 0.2) is 36.0 Å². The first-order valence-corrected chi connectivity index (χ1v) is 4.87. The van der Waals surface area contributed by atoms with Gasteiger partial charge in [-0.15, -0.1) is 0 Å². The zero-order valence-electron chi connectivity index (χ0n) is 6.99. The van der Waals surface area contributed by atoms with E-state index in [1.165, 1.54) is 6.08 Å². The Morgan fingerprint density at radius 3 is 1.93 bits per heavy atom. The molecule has 0 spiro atoms. The summed E-state index contributed by atoms with van der Waals surface area (Å²) in [6.45, 7) is 3.52. The van der Waals surface area contributed by atoms with Crippen molar-refractivity contribution in [2.75, 3.05) is 0 Å². The van der Waals surface area contributed by atoms with Crippen molar-refractivity contribution in [2.45, 2.75) is 0 Å². The van der Waals surface area contributed by atoms with Crippen LogP contribution in [0.1, 0.15) is 0 Å². The minimum Gasteiger partial charge on any atom is -0.478 e. The molecule has 7 heteroatoms. The lowest BCUT2D eigenvalue weighted by atomic mass is 10.2. The van der Waals surface area contributed by atoms with E-state index >= 15 is 0 Å². The van der Waals surface area contributed by atoms with Crippen molar-refractivity contribution in [2.24, 2.45) is 0 Å². The van der Waals surface area contributed by atoms with Crippen LogP contribution in [0.3, 0.4) is 0 Å². The fraction of sp³-hybridized carbons (Fsp3) is 0. The van der Waals surface area contributed by atoms with E-state index in [0.29, 0.717) is 5.57 Å². The van der Waals surface area contributed by atoms with Crippen molar-refractivity contribution in [3.8, 4) is 0 Å². The number of carbonyl (C=O) groups is 1. The number of rotatable bonds is 1. The van der Waals surface area contributed by atoms with E-state index in [4.69, 9.17) is 24.4 Å². The largest absolute Gasteiger partial charge is 0.478 e. The zero-order valence-corrected chi connectivity index (χ0v) is 7.89. The third-order valence-electron chi connectivity index (χ3n) is 1.14. The molecule has 0 unspecified atom stereocenters. The van der Waals surface area contributed by atoms with Crippen molar-refractivity contribution < 1.29 is 29.1 Å². The quantitative estimate of drug-likeness (QED) is 0.469. The SMILES string of the molecule is C=C1C=CC=C1C(=O)O.O=P(O)(O)O. The topological polar surface area (TPSA) is 115 Å². The normalized spacial score (nSPS) is 14.5. The van der Waals surface area contributed by atoms with Gasteiger partial charge < -0.3 is 19.8 Å². The molecule has 14 heavy (non-hydrogen) atoms. The molecule has 1 rings (SSSR count). The van der Waals surface area contributed by atoms with Crippen LogP contribution < -0.4 is 0 Å². The van der Waals surface area contributed by atoms with Crippen LogP contribution in [0.25, 0.3) is 0 Å². The number of hydrogen-bond donors (Lipinski definition) is 4. The summed E-state index contributed by atoms with van der Waals surface area (Å²) in [5.74, 6) is -0.912. The van der Waals surface area contributed by atoms with Gasteiger partial charge in [0.1, 0.15) is 0 Å². The molecule has 0 radical (unpaired) electrons. The first kappa shape index (κ1) is 12.8. The third-order valence-corrected chi connectivity index (χ3v) is 1.14. The van der Waals surface area contributed by atoms with Gasteiger partial charge in [-0.25, -0.2) is 9.36 Å². The maximum atomic E-state index is 10.2. The fourth-order valence-corrected chi connectivity index (χ4v) is 0.666. The van der Waals surface area contributed by atoms with E-state index in [2.05, 4.69) is 6.58 Å². The Morgan fingerprint density at radius 2 is 1.79 bits per heavy atom. The molecule has 6 nitrogen and oxygen atoms in total. The molecule has 0 fully saturated rings. The zero-order chi connectivity index (χ0) is 11.4. The van der Waals surface area contributed by atoms with Gasteiger partial charge in [0.2, 0.25) is 0 Å². The Bertz CT molecular complexity index is 339. The van der Waals surface area contributed by atoms with Gasteiger partial charge in [0.25, 0.3) is 0 Å². The van der Waals surface area contributed by atoms with Gasteiger partial charge in [-0.2, -0.15) is 0 Å². The lowest BCUT2D eigenvalue weighted by Crippen LogP contribution is -1.98. The second-order valence-corrected chi connectivity index (χ2v) is 3.31. The predicted octanol–water partition coefficient (Wildman–Crippen LogP) is 0.195. The molecule has 0 atom stereocenters. The molecule has 4 N–H and O–H groups in total. The van der Waals surface area contributed by atoms with Crippen LogP contribution in [-0.2, 0) is 9.36 Å². The minimum absolute atomic E-state index is 0.287. The Kier molecular flexibility index (Phi) is 4.46. The summed E-state index contributed by atoms with van der Waals surface area (Å²) in [5, 5.41) is 8.41. The number of carboxylic acids is 1. The van der Waals surface area contributed by atoms with Gasteiger partial charge in [0.15, 0.2) is 0 Å². The smallest absolute Gasteiger partial charge is 0.466 e. The van der Waals surface area contributed by atoms with Crippen LogP contribution >= 0.6 is 7.82 Å². The molecule has 0 bridgehead atoms. The van der Waals surface area contributed by atoms with Gasteiger partial charge in [0.05, 0.1) is 5.57 Å². The number of aliphatic carboxylic acids is 1. The first-order chi connectivity index (χ1) is 6.22. The van der Waals surface area contributed by atoms with Gasteiger partial charge in [-0.1, -0.05) is 18.7 Å². The van der Waals surface area contributed by atoms with E-state index in [9.17, 15) is 4.79 Å². The summed E-state index contributed by atoms with van der Waals surface area (Å²) in [4.78, 5) is 31.8. The molecular weight excluding hydrogens is 211 g/mol. The highest BCUT2D eigenvalue weighted by Gasteiger charge is 2.10. The Balaban J connectivity index is 0.000000292. The third kappa shape index (κ3) is 6.33. The summed E-state index contributed by atoms with van der Waals surface area (Å²) in [6, 6.07) is 0. The molecule has 1 aliphatic carbocycles. The molecule has 0 aromatic rings. The maximum Gasteiger partial charge on any atom is 0.466 e. The minimum atomic E-state index is -4.64. The van der Waals surface area contributed by atoms with E-state index in [-0.39, 0.29) is 5.57 Å². The fourth-order valence-electron chi connectivity index (χ4n) is 0.666. The van der Waals surface area contributed by atoms with E-state index < -0.39 is 13.8 Å². The first-order valence-electron chi connectivity index (χ1n) is 3.31. The van der Waals surface area contributed by atoms with Crippen LogP contribution in [0, 0.1) is 0 Å². The molecule has 0 saturated carbocycles. The van der Waals surface area contributed by atoms with Crippen molar-refractivity contribution in [3.05, 3.63) is 36.0 Å². The van der Waals surface area contributed by atoms with Crippen LogP contribution in [-0.4, -0.2) is 25.8 Å². The van der Waals surface area contributed by atoms with Gasteiger partial charge in [0, 0.05) is 0 Å². The highest BCUT2D eigenvalue weighted by molar-refractivity contribution is 7.45. The van der Waals surface area contributed by atoms with E-state index in [1.807, 2.05) is 0 Å². The summed E-state index contributed by atoms with van der Waals surface area (Å²) < 4.78 is 8.88. The maximum absolute atomic E-state index is 10.2. The molecular formula is C7H9O6P. The Labute approximate surface area is 79.7 Å². The molecule has 0 aliphatic heterocycles. The summed E-state index contributed by atoms with van der Waals surface area (Å²) in [7, 11) is -4.64. The molecule has 0 saturated heterocycles. The molecule has 1 aliphatic rings. The second-order valence-electron chi connectivity index (χ2n) is 2.28. The number of carboxylic acid groups (broad SMARTS) is 1. The molecule has 0 amide bonds. The van der Waals surface area contributed by atoms with Gasteiger partial charge in [-0.05, 0) is 11.6 Å². The average Bonchev–Trinajstić information content (AvgIpc) is 2.30. The van der Waals surface area contributed by atoms with Gasteiger partial charge >= 0.3 is 13.8 Å². The second kappa shape index (κ2) is 4.88. The van der Waals surface area contributed by atoms with E-state index in [0.717, 1.165) is 0 Å². The lowest BCUT2D eigenvalue weighted by molar-refractivity contribution is -0.132. The van der Waals surface area contributed by atoms with Gasteiger partial charge in [-0.3, -0.25) is 0 Å².